The summed E-state index contributed by atoms with van der Waals surface area (Å²) in [7, 11) is 0. The minimum absolute atomic E-state index is 0.00487. The fourth-order valence-corrected chi connectivity index (χ4v) is 4.81. The summed E-state index contributed by atoms with van der Waals surface area (Å²) in [5.41, 5.74) is 1.09. The van der Waals surface area contributed by atoms with E-state index in [1.54, 1.807) is 29.3 Å². The molecule has 2 aliphatic rings. The van der Waals surface area contributed by atoms with Crippen LogP contribution in [0.5, 0.6) is 5.75 Å². The Balaban J connectivity index is 1.29. The summed E-state index contributed by atoms with van der Waals surface area (Å²) in [6, 6.07) is 19.8. The van der Waals surface area contributed by atoms with Gasteiger partial charge in [-0.25, -0.2) is 4.39 Å². The highest BCUT2D eigenvalue weighted by molar-refractivity contribution is 5.78. The Morgan fingerprint density at radius 2 is 1.79 bits per heavy atom. The molecule has 1 amide bonds. The number of ether oxygens (including phenoxy) is 1. The number of aliphatic hydroxyl groups is 1. The van der Waals surface area contributed by atoms with Gasteiger partial charge in [-0.2, -0.15) is 0 Å². The van der Waals surface area contributed by atoms with Gasteiger partial charge in [-0.05, 0) is 37.1 Å². The van der Waals surface area contributed by atoms with Crippen molar-refractivity contribution in [3.8, 4) is 5.75 Å². The van der Waals surface area contributed by atoms with Crippen molar-refractivity contribution in [1.29, 1.82) is 0 Å². The van der Waals surface area contributed by atoms with Crippen molar-refractivity contribution in [2.75, 3.05) is 26.2 Å². The molecule has 0 bridgehead atoms. The number of piperidine rings is 1. The molecule has 1 atom stereocenters. The van der Waals surface area contributed by atoms with E-state index in [1.807, 2.05) is 47.4 Å². The fraction of sp³-hybridized carbons (Fsp3) is 0.333. The van der Waals surface area contributed by atoms with Gasteiger partial charge in [-0.15, -0.1) is 0 Å². The summed E-state index contributed by atoms with van der Waals surface area (Å²) < 4.78 is 20.8. The number of pyridine rings is 1. The zero-order valence-electron chi connectivity index (χ0n) is 18.9. The standard InChI is InChI=1S/C27H28FN3O3/c28-22-9-3-2-8-21(22)24-18-30(17-20-7-1-4-10-23(20)34-24)19-26(32)31-15-12-27(33,13-16-31)25-11-5-6-14-29-25/h1-11,14,24,33H,12-13,15-19H2. The van der Waals surface area contributed by atoms with E-state index in [4.69, 9.17) is 4.74 Å². The number of amides is 1. The molecule has 3 heterocycles. The first-order valence-electron chi connectivity index (χ1n) is 11.6. The van der Waals surface area contributed by atoms with E-state index in [1.165, 1.54) is 6.07 Å². The average molecular weight is 462 g/mol. The maximum Gasteiger partial charge on any atom is 0.236 e. The molecular weight excluding hydrogens is 433 g/mol. The molecule has 1 aromatic heterocycles. The third-order valence-corrected chi connectivity index (χ3v) is 6.76. The number of carbonyl (C=O) groups excluding carboxylic acids is 1. The normalized spacial score (nSPS) is 20.2. The Morgan fingerprint density at radius 1 is 1.06 bits per heavy atom. The zero-order chi connectivity index (χ0) is 23.5. The van der Waals surface area contributed by atoms with E-state index < -0.39 is 11.7 Å². The van der Waals surface area contributed by atoms with Crippen LogP contribution in [0.1, 0.15) is 35.8 Å². The lowest BCUT2D eigenvalue weighted by atomic mass is 9.87. The molecule has 0 radical (unpaired) electrons. The van der Waals surface area contributed by atoms with E-state index in [9.17, 15) is 14.3 Å². The first kappa shape index (κ1) is 22.5. The van der Waals surface area contributed by atoms with Gasteiger partial charge in [0.25, 0.3) is 0 Å². The first-order valence-corrected chi connectivity index (χ1v) is 11.6. The summed E-state index contributed by atoms with van der Waals surface area (Å²) in [5, 5.41) is 11.0. The zero-order valence-corrected chi connectivity index (χ0v) is 18.9. The number of hydrogen-bond acceptors (Lipinski definition) is 5. The average Bonchev–Trinajstić information content (AvgIpc) is 3.04. The number of aromatic nitrogens is 1. The van der Waals surface area contributed by atoms with Gasteiger partial charge in [0.1, 0.15) is 23.3 Å². The van der Waals surface area contributed by atoms with Crippen molar-refractivity contribution in [2.45, 2.75) is 31.1 Å². The highest BCUT2D eigenvalue weighted by atomic mass is 19.1. The molecule has 1 fully saturated rings. The molecule has 1 N–H and O–H groups in total. The van der Waals surface area contributed by atoms with Crippen LogP contribution in [0.25, 0.3) is 0 Å². The van der Waals surface area contributed by atoms with Crippen LogP contribution in [-0.2, 0) is 16.9 Å². The van der Waals surface area contributed by atoms with Gasteiger partial charge in [0, 0.05) is 43.5 Å². The monoisotopic (exact) mass is 461 g/mol. The summed E-state index contributed by atoms with van der Waals surface area (Å²) >= 11 is 0. The van der Waals surface area contributed by atoms with E-state index in [-0.39, 0.29) is 18.3 Å². The number of halogens is 1. The van der Waals surface area contributed by atoms with Crippen molar-refractivity contribution in [3.63, 3.8) is 0 Å². The number of hydrogen-bond donors (Lipinski definition) is 1. The minimum atomic E-state index is -1.01. The second-order valence-corrected chi connectivity index (χ2v) is 9.03. The molecule has 34 heavy (non-hydrogen) atoms. The number of rotatable bonds is 4. The fourth-order valence-electron chi connectivity index (χ4n) is 4.81. The highest BCUT2D eigenvalue weighted by Crippen LogP contribution is 2.33. The lowest BCUT2D eigenvalue weighted by Crippen LogP contribution is -2.48. The first-order chi connectivity index (χ1) is 16.5. The molecular formula is C27H28FN3O3. The lowest BCUT2D eigenvalue weighted by molar-refractivity contribution is -0.137. The summed E-state index contributed by atoms with van der Waals surface area (Å²) in [4.78, 5) is 21.3. The molecule has 1 unspecified atom stereocenters. The predicted molar refractivity (Wildman–Crippen MR) is 125 cm³/mol. The van der Waals surface area contributed by atoms with Crippen molar-refractivity contribution in [1.82, 2.24) is 14.8 Å². The molecule has 7 heteroatoms. The number of carbonyl (C=O) groups is 1. The maximum atomic E-state index is 14.6. The maximum absolute atomic E-state index is 14.6. The highest BCUT2D eigenvalue weighted by Gasteiger charge is 2.37. The SMILES string of the molecule is O=C(CN1Cc2ccccc2OC(c2ccccc2F)C1)N1CCC(O)(c2ccccn2)CC1. The van der Waals surface area contributed by atoms with Gasteiger partial charge in [-0.1, -0.05) is 42.5 Å². The van der Waals surface area contributed by atoms with Crippen LogP contribution in [0.2, 0.25) is 0 Å². The molecule has 0 saturated carbocycles. The molecule has 1 saturated heterocycles. The van der Waals surface area contributed by atoms with Gasteiger partial charge >= 0.3 is 0 Å². The van der Waals surface area contributed by atoms with Crippen LogP contribution in [0.15, 0.2) is 72.9 Å². The van der Waals surface area contributed by atoms with Gasteiger partial charge < -0.3 is 14.7 Å². The largest absolute Gasteiger partial charge is 0.484 e. The quantitative estimate of drug-likeness (QED) is 0.642. The van der Waals surface area contributed by atoms with E-state index in [0.717, 1.165) is 5.56 Å². The molecule has 0 aliphatic carbocycles. The molecule has 5 rings (SSSR count). The van der Waals surface area contributed by atoms with Crippen molar-refractivity contribution in [2.24, 2.45) is 0 Å². The molecule has 176 valence electrons. The number of nitrogens with zero attached hydrogens (tertiary/aromatic N) is 3. The second kappa shape index (κ2) is 9.52. The third kappa shape index (κ3) is 4.67. The van der Waals surface area contributed by atoms with Crippen LogP contribution in [0, 0.1) is 5.82 Å². The lowest BCUT2D eigenvalue weighted by Gasteiger charge is -2.38. The van der Waals surface area contributed by atoms with Crippen LogP contribution >= 0.6 is 0 Å². The Bertz CT molecular complexity index is 1150. The third-order valence-electron chi connectivity index (χ3n) is 6.76. The number of benzene rings is 2. The van der Waals surface area contributed by atoms with Crippen LogP contribution in [0.4, 0.5) is 4.39 Å². The molecule has 6 nitrogen and oxygen atoms in total. The van der Waals surface area contributed by atoms with Crippen LogP contribution < -0.4 is 4.74 Å². The molecule has 3 aromatic rings. The molecule has 2 aromatic carbocycles. The summed E-state index contributed by atoms with van der Waals surface area (Å²) in [5.74, 6) is 0.391. The van der Waals surface area contributed by atoms with E-state index in [0.29, 0.717) is 56.0 Å². The van der Waals surface area contributed by atoms with Crippen molar-refractivity contribution >= 4 is 5.91 Å². The summed E-state index contributed by atoms with van der Waals surface area (Å²) in [6.07, 6.45) is 2.04. The Kier molecular flexibility index (Phi) is 6.30. The Morgan fingerprint density at radius 3 is 2.56 bits per heavy atom. The van der Waals surface area contributed by atoms with Gasteiger partial charge in [-0.3, -0.25) is 14.7 Å². The second-order valence-electron chi connectivity index (χ2n) is 9.03. The summed E-state index contributed by atoms with van der Waals surface area (Å²) in [6.45, 7) is 2.06. The smallest absolute Gasteiger partial charge is 0.236 e. The van der Waals surface area contributed by atoms with Crippen LogP contribution in [-0.4, -0.2) is 52.0 Å². The number of fused-ring (bicyclic) bond motifs is 1. The van der Waals surface area contributed by atoms with E-state index in [2.05, 4.69) is 4.98 Å². The predicted octanol–water partition coefficient (Wildman–Crippen LogP) is 3.67. The van der Waals surface area contributed by atoms with Gasteiger partial charge in [0.2, 0.25) is 5.91 Å². The molecule has 0 spiro atoms. The topological polar surface area (TPSA) is 65.9 Å². The van der Waals surface area contributed by atoms with Gasteiger partial charge in [0.15, 0.2) is 0 Å². The minimum Gasteiger partial charge on any atom is -0.484 e. The Labute approximate surface area is 198 Å². The number of likely N-dealkylation sites (tertiary alicyclic amines) is 1. The van der Waals surface area contributed by atoms with Crippen molar-refractivity contribution in [3.05, 3.63) is 95.6 Å². The van der Waals surface area contributed by atoms with Crippen LogP contribution in [0.3, 0.4) is 0 Å². The molecule has 2 aliphatic heterocycles. The van der Waals surface area contributed by atoms with Gasteiger partial charge in [0.05, 0.1) is 12.2 Å². The van der Waals surface area contributed by atoms with E-state index >= 15 is 0 Å². The van der Waals surface area contributed by atoms with Crippen molar-refractivity contribution < 1.29 is 19.0 Å². The Hall–Kier alpha value is -3.29. The number of para-hydroxylation sites is 1.